The summed E-state index contributed by atoms with van der Waals surface area (Å²) < 4.78 is 1.72. The van der Waals surface area contributed by atoms with Gasteiger partial charge < -0.3 is 4.57 Å². The van der Waals surface area contributed by atoms with Gasteiger partial charge >= 0.3 is 0 Å². The molecule has 0 radical (unpaired) electrons. The molecule has 8 heteroatoms. The number of aryl methyl sites for hydroxylation is 1. The van der Waals surface area contributed by atoms with E-state index in [1.807, 2.05) is 6.07 Å². The summed E-state index contributed by atoms with van der Waals surface area (Å²) in [6.45, 7) is 1.73. The zero-order chi connectivity index (χ0) is 15.2. The van der Waals surface area contributed by atoms with Crippen molar-refractivity contribution in [3.05, 3.63) is 42.2 Å². The van der Waals surface area contributed by atoms with Crippen molar-refractivity contribution >= 4 is 23.6 Å². The number of thioether (sulfide) groups is 1. The molecule has 0 aliphatic carbocycles. The Hall–Kier alpha value is -2.35. The molecule has 0 bridgehead atoms. The lowest BCUT2D eigenvalue weighted by Crippen LogP contribution is -2.44. The molecule has 1 atom stereocenters. The highest BCUT2D eigenvalue weighted by atomic mass is 32.2. The van der Waals surface area contributed by atoms with Crippen molar-refractivity contribution in [2.45, 2.75) is 17.3 Å². The number of benzene rings is 1. The van der Waals surface area contributed by atoms with Crippen LogP contribution in [0.25, 0.3) is 0 Å². The SMILES string of the molecule is C[C@@H](Sc1nncn1C)C(=O)NNC(=O)c1ccccc1. The van der Waals surface area contributed by atoms with E-state index in [0.29, 0.717) is 10.7 Å². The van der Waals surface area contributed by atoms with Crippen LogP contribution in [0, 0.1) is 0 Å². The first-order chi connectivity index (χ1) is 10.1. The summed E-state index contributed by atoms with van der Waals surface area (Å²) >= 11 is 1.26. The highest BCUT2D eigenvalue weighted by Gasteiger charge is 2.17. The van der Waals surface area contributed by atoms with Crippen molar-refractivity contribution in [3.63, 3.8) is 0 Å². The molecule has 2 amide bonds. The molecule has 0 saturated carbocycles. The molecule has 0 spiro atoms. The molecule has 21 heavy (non-hydrogen) atoms. The maximum atomic E-state index is 11.9. The normalized spacial score (nSPS) is 11.7. The van der Waals surface area contributed by atoms with Crippen LogP contribution in [0.2, 0.25) is 0 Å². The zero-order valence-corrected chi connectivity index (χ0v) is 12.4. The van der Waals surface area contributed by atoms with E-state index in [0.717, 1.165) is 0 Å². The quantitative estimate of drug-likeness (QED) is 0.643. The van der Waals surface area contributed by atoms with Crippen LogP contribution in [-0.4, -0.2) is 31.8 Å². The number of hydrogen-bond donors (Lipinski definition) is 2. The Morgan fingerprint density at radius 3 is 2.57 bits per heavy atom. The number of nitrogens with zero attached hydrogens (tertiary/aromatic N) is 3. The van der Waals surface area contributed by atoms with Gasteiger partial charge in [-0.2, -0.15) is 0 Å². The van der Waals surface area contributed by atoms with E-state index in [1.165, 1.54) is 11.8 Å². The minimum absolute atomic E-state index is 0.313. The molecule has 1 aromatic carbocycles. The van der Waals surface area contributed by atoms with Gasteiger partial charge in [-0.05, 0) is 19.1 Å². The summed E-state index contributed by atoms with van der Waals surface area (Å²) in [5.41, 5.74) is 5.25. The minimum Gasteiger partial charge on any atom is -0.312 e. The summed E-state index contributed by atoms with van der Waals surface area (Å²) in [6, 6.07) is 8.65. The molecular weight excluding hydrogens is 290 g/mol. The van der Waals surface area contributed by atoms with Gasteiger partial charge in [-0.3, -0.25) is 20.4 Å². The van der Waals surface area contributed by atoms with E-state index >= 15 is 0 Å². The van der Waals surface area contributed by atoms with Crippen molar-refractivity contribution in [2.75, 3.05) is 0 Å². The van der Waals surface area contributed by atoms with Crippen molar-refractivity contribution < 1.29 is 9.59 Å². The Morgan fingerprint density at radius 1 is 1.24 bits per heavy atom. The molecule has 110 valence electrons. The molecule has 0 fully saturated rings. The average molecular weight is 305 g/mol. The Balaban J connectivity index is 1.84. The molecule has 1 heterocycles. The lowest BCUT2D eigenvalue weighted by Gasteiger charge is -2.12. The largest absolute Gasteiger partial charge is 0.312 e. The Kier molecular flexibility index (Phi) is 4.94. The van der Waals surface area contributed by atoms with E-state index < -0.39 is 5.25 Å². The van der Waals surface area contributed by atoms with Gasteiger partial charge in [0.05, 0.1) is 5.25 Å². The average Bonchev–Trinajstić information content (AvgIpc) is 2.90. The second-order valence-electron chi connectivity index (χ2n) is 4.29. The predicted octanol–water partition coefficient (Wildman–Crippen LogP) is 0.757. The van der Waals surface area contributed by atoms with Crippen molar-refractivity contribution in [3.8, 4) is 0 Å². The highest BCUT2D eigenvalue weighted by Crippen LogP contribution is 2.19. The lowest BCUT2D eigenvalue weighted by molar-refractivity contribution is -0.121. The van der Waals surface area contributed by atoms with Crippen LogP contribution in [0.5, 0.6) is 0 Å². The number of aromatic nitrogens is 3. The first kappa shape index (κ1) is 15.0. The van der Waals surface area contributed by atoms with Gasteiger partial charge in [0.15, 0.2) is 5.16 Å². The van der Waals surface area contributed by atoms with Crippen LogP contribution in [0.1, 0.15) is 17.3 Å². The molecule has 0 aliphatic rings. The fraction of sp³-hybridized carbons (Fsp3) is 0.231. The third-order valence-electron chi connectivity index (χ3n) is 2.66. The molecular formula is C13H15N5O2S. The lowest BCUT2D eigenvalue weighted by atomic mass is 10.2. The van der Waals surface area contributed by atoms with Crippen molar-refractivity contribution in [1.82, 2.24) is 25.6 Å². The smallest absolute Gasteiger partial charge is 0.269 e. The van der Waals surface area contributed by atoms with Gasteiger partial charge in [-0.1, -0.05) is 30.0 Å². The standard InChI is InChI=1S/C13H15N5O2S/c1-9(21-13-17-14-8-18(13)2)11(19)15-16-12(20)10-6-4-3-5-7-10/h3-9H,1-2H3,(H,15,19)(H,16,20)/t9-/m1/s1. The minimum atomic E-state index is -0.413. The maximum Gasteiger partial charge on any atom is 0.269 e. The topological polar surface area (TPSA) is 88.9 Å². The van der Waals surface area contributed by atoms with Gasteiger partial charge in [0.2, 0.25) is 0 Å². The molecule has 1 aromatic heterocycles. The Bertz CT molecular complexity index is 629. The number of carbonyl (C=O) groups is 2. The number of hydrazine groups is 1. The van der Waals surface area contributed by atoms with Gasteiger partial charge in [0.25, 0.3) is 11.8 Å². The fourth-order valence-electron chi connectivity index (χ4n) is 1.47. The summed E-state index contributed by atoms with van der Waals surface area (Å²) in [5, 5.41) is 7.85. The predicted molar refractivity (Wildman–Crippen MR) is 78.4 cm³/mol. The molecule has 0 aliphatic heterocycles. The molecule has 2 N–H and O–H groups in total. The molecule has 0 unspecified atom stereocenters. The first-order valence-corrected chi connectivity index (χ1v) is 7.12. The molecule has 2 rings (SSSR count). The van der Waals surface area contributed by atoms with Crippen LogP contribution < -0.4 is 10.9 Å². The van der Waals surface area contributed by atoms with Gasteiger partial charge in [0, 0.05) is 12.6 Å². The summed E-state index contributed by atoms with van der Waals surface area (Å²) in [5.74, 6) is -0.674. The van der Waals surface area contributed by atoms with Crippen LogP contribution in [0.15, 0.2) is 41.8 Å². The number of amides is 2. The summed E-state index contributed by atoms with van der Waals surface area (Å²) in [7, 11) is 1.80. The Labute approximate surface area is 126 Å². The third-order valence-corrected chi connectivity index (χ3v) is 3.80. The monoisotopic (exact) mass is 305 g/mol. The van der Waals surface area contributed by atoms with E-state index in [1.54, 1.807) is 49.1 Å². The van der Waals surface area contributed by atoms with Gasteiger partial charge in [0.1, 0.15) is 6.33 Å². The van der Waals surface area contributed by atoms with E-state index in [-0.39, 0.29) is 11.8 Å². The summed E-state index contributed by atoms with van der Waals surface area (Å²) in [6.07, 6.45) is 1.56. The van der Waals surface area contributed by atoms with Crippen molar-refractivity contribution in [2.24, 2.45) is 7.05 Å². The third kappa shape index (κ3) is 4.06. The summed E-state index contributed by atoms with van der Waals surface area (Å²) in [4.78, 5) is 23.7. The second kappa shape index (κ2) is 6.89. The van der Waals surface area contributed by atoms with Crippen LogP contribution in [0.4, 0.5) is 0 Å². The fourth-order valence-corrected chi connectivity index (χ4v) is 2.26. The number of hydrogen-bond acceptors (Lipinski definition) is 5. The van der Waals surface area contributed by atoms with Crippen LogP contribution in [0.3, 0.4) is 0 Å². The second-order valence-corrected chi connectivity index (χ2v) is 5.60. The van der Waals surface area contributed by atoms with Crippen LogP contribution in [-0.2, 0) is 11.8 Å². The van der Waals surface area contributed by atoms with E-state index in [2.05, 4.69) is 21.0 Å². The maximum absolute atomic E-state index is 11.9. The van der Waals surface area contributed by atoms with E-state index in [9.17, 15) is 9.59 Å². The van der Waals surface area contributed by atoms with Gasteiger partial charge in [-0.25, -0.2) is 0 Å². The molecule has 2 aromatic rings. The van der Waals surface area contributed by atoms with E-state index in [4.69, 9.17) is 0 Å². The number of rotatable bonds is 4. The first-order valence-electron chi connectivity index (χ1n) is 6.24. The van der Waals surface area contributed by atoms with Gasteiger partial charge in [-0.15, -0.1) is 10.2 Å². The molecule has 0 saturated heterocycles. The van der Waals surface area contributed by atoms with Crippen LogP contribution >= 0.6 is 11.8 Å². The molecule has 7 nitrogen and oxygen atoms in total. The van der Waals surface area contributed by atoms with Crippen molar-refractivity contribution in [1.29, 1.82) is 0 Å². The Morgan fingerprint density at radius 2 is 1.95 bits per heavy atom. The highest BCUT2D eigenvalue weighted by molar-refractivity contribution is 8.00. The zero-order valence-electron chi connectivity index (χ0n) is 11.6. The number of carbonyl (C=O) groups excluding carboxylic acids is 2. The number of nitrogens with one attached hydrogen (secondary N) is 2.